The first-order valence-corrected chi connectivity index (χ1v) is 6.83. The molecule has 20 heavy (non-hydrogen) atoms. The molecule has 0 saturated heterocycles. The number of hydrogen-bond acceptors (Lipinski definition) is 4. The molecule has 2 N–H and O–H groups in total. The van der Waals surface area contributed by atoms with Gasteiger partial charge in [-0.05, 0) is 31.0 Å². The molecule has 0 atom stereocenters. The van der Waals surface area contributed by atoms with Crippen LogP contribution >= 0.6 is 11.6 Å². The Kier molecular flexibility index (Phi) is 2.60. The van der Waals surface area contributed by atoms with Crippen LogP contribution in [0.15, 0.2) is 24.3 Å². The van der Waals surface area contributed by atoms with E-state index in [2.05, 4.69) is 31.8 Å². The molecular formula is C14H11ClN5. The van der Waals surface area contributed by atoms with E-state index in [9.17, 15) is 0 Å². The van der Waals surface area contributed by atoms with Crippen molar-refractivity contribution in [2.75, 3.05) is 5.32 Å². The number of H-pyrrole nitrogens is 1. The lowest BCUT2D eigenvalue weighted by molar-refractivity contribution is 0.966. The minimum absolute atomic E-state index is 0.640. The van der Waals surface area contributed by atoms with Crippen LogP contribution in [0.1, 0.15) is 24.5 Å². The first kappa shape index (κ1) is 11.7. The Morgan fingerprint density at radius 3 is 3.00 bits per heavy atom. The highest BCUT2D eigenvalue weighted by Crippen LogP contribution is 2.39. The minimum atomic E-state index is 0.640. The molecule has 1 fully saturated rings. The van der Waals surface area contributed by atoms with Crippen LogP contribution in [0.4, 0.5) is 11.6 Å². The van der Waals surface area contributed by atoms with Gasteiger partial charge in [0.1, 0.15) is 5.82 Å². The largest absolute Gasteiger partial charge is 0.323 e. The number of rotatable bonds is 3. The van der Waals surface area contributed by atoms with Crippen molar-refractivity contribution >= 4 is 34.1 Å². The Bertz CT molecular complexity index is 778. The summed E-state index contributed by atoms with van der Waals surface area (Å²) >= 11 is 6.03. The number of nitrogens with one attached hydrogen (secondary N) is 2. The Morgan fingerprint density at radius 2 is 2.15 bits per heavy atom. The molecule has 0 bridgehead atoms. The molecule has 0 unspecified atom stereocenters. The molecule has 4 rings (SSSR count). The fourth-order valence-electron chi connectivity index (χ4n) is 2.21. The van der Waals surface area contributed by atoms with Gasteiger partial charge in [0.15, 0.2) is 12.1 Å². The maximum Gasteiger partial charge on any atom is 0.200 e. The Labute approximate surface area is 120 Å². The molecular weight excluding hydrogens is 274 g/mol. The number of hydrogen-bond donors (Lipinski definition) is 2. The van der Waals surface area contributed by atoms with Crippen molar-refractivity contribution in [1.29, 1.82) is 0 Å². The van der Waals surface area contributed by atoms with E-state index in [4.69, 9.17) is 11.6 Å². The van der Waals surface area contributed by atoms with Gasteiger partial charge in [0.05, 0.1) is 5.52 Å². The molecule has 99 valence electrons. The summed E-state index contributed by atoms with van der Waals surface area (Å²) < 4.78 is 0. The number of aromatic amines is 1. The fourth-order valence-corrected chi connectivity index (χ4v) is 2.38. The summed E-state index contributed by atoms with van der Waals surface area (Å²) in [6, 6.07) is 7.51. The third-order valence-electron chi connectivity index (χ3n) is 3.41. The predicted molar refractivity (Wildman–Crippen MR) is 77.2 cm³/mol. The molecule has 0 spiro atoms. The zero-order valence-electron chi connectivity index (χ0n) is 10.5. The van der Waals surface area contributed by atoms with Crippen LogP contribution < -0.4 is 5.32 Å². The van der Waals surface area contributed by atoms with Crippen molar-refractivity contribution in [1.82, 2.24) is 20.2 Å². The average Bonchev–Trinajstić information content (AvgIpc) is 3.20. The summed E-state index contributed by atoms with van der Waals surface area (Å²) in [5, 5.41) is 12.0. The van der Waals surface area contributed by atoms with Gasteiger partial charge in [-0.25, -0.2) is 9.97 Å². The fraction of sp³-hybridized carbons (Fsp3) is 0.214. The van der Waals surface area contributed by atoms with E-state index in [1.165, 1.54) is 18.5 Å². The van der Waals surface area contributed by atoms with Crippen LogP contribution in [-0.2, 0) is 0 Å². The van der Waals surface area contributed by atoms with E-state index in [1.54, 1.807) is 6.07 Å². The van der Waals surface area contributed by atoms with Crippen LogP contribution in [0.2, 0.25) is 5.02 Å². The van der Waals surface area contributed by atoms with Crippen LogP contribution in [0, 0.1) is 6.33 Å². The molecule has 3 aromatic rings. The van der Waals surface area contributed by atoms with Gasteiger partial charge in [-0.15, -0.1) is 0 Å². The van der Waals surface area contributed by atoms with Crippen LogP contribution in [0.25, 0.3) is 10.9 Å². The van der Waals surface area contributed by atoms with E-state index in [-0.39, 0.29) is 0 Å². The molecule has 6 heteroatoms. The number of benzene rings is 1. The summed E-state index contributed by atoms with van der Waals surface area (Å²) in [4.78, 5) is 8.26. The van der Waals surface area contributed by atoms with Crippen LogP contribution in [0.3, 0.4) is 0 Å². The molecule has 1 radical (unpaired) electrons. The van der Waals surface area contributed by atoms with Gasteiger partial charge in [-0.1, -0.05) is 11.6 Å². The maximum absolute atomic E-state index is 6.03. The third kappa shape index (κ3) is 2.10. The first-order valence-electron chi connectivity index (χ1n) is 6.45. The Hall–Kier alpha value is -2.14. The number of anilines is 2. The third-order valence-corrected chi connectivity index (χ3v) is 3.64. The van der Waals surface area contributed by atoms with Gasteiger partial charge >= 0.3 is 0 Å². The highest BCUT2D eigenvalue weighted by atomic mass is 35.5. The van der Waals surface area contributed by atoms with Crippen LogP contribution in [0.5, 0.6) is 0 Å². The van der Waals surface area contributed by atoms with E-state index >= 15 is 0 Å². The normalized spacial score (nSPS) is 14.7. The average molecular weight is 285 g/mol. The van der Waals surface area contributed by atoms with E-state index in [0.29, 0.717) is 16.8 Å². The summed E-state index contributed by atoms with van der Waals surface area (Å²) in [6.07, 6.45) is 5.12. The summed E-state index contributed by atoms with van der Waals surface area (Å²) in [7, 11) is 0. The second-order valence-electron chi connectivity index (χ2n) is 4.94. The quantitative estimate of drug-likeness (QED) is 0.773. The molecule has 2 aromatic heterocycles. The van der Waals surface area contributed by atoms with Crippen molar-refractivity contribution in [2.45, 2.75) is 18.8 Å². The van der Waals surface area contributed by atoms with Crippen LogP contribution in [-0.4, -0.2) is 20.2 Å². The van der Waals surface area contributed by atoms with Crippen molar-refractivity contribution in [3.05, 3.63) is 41.3 Å². The highest BCUT2D eigenvalue weighted by Gasteiger charge is 2.25. The van der Waals surface area contributed by atoms with Gasteiger partial charge in [-0.3, -0.25) is 5.10 Å². The molecule has 2 heterocycles. The van der Waals surface area contributed by atoms with Gasteiger partial charge in [0.2, 0.25) is 0 Å². The lowest BCUT2D eigenvalue weighted by Crippen LogP contribution is -1.96. The zero-order chi connectivity index (χ0) is 13.5. The first-order chi connectivity index (χ1) is 9.79. The van der Waals surface area contributed by atoms with E-state index in [0.717, 1.165) is 16.7 Å². The van der Waals surface area contributed by atoms with E-state index in [1.807, 2.05) is 18.2 Å². The number of nitrogens with zero attached hydrogens (tertiary/aromatic N) is 3. The lowest BCUT2D eigenvalue weighted by atomic mass is 10.2. The maximum atomic E-state index is 6.03. The summed E-state index contributed by atoms with van der Waals surface area (Å²) in [6.45, 7) is 0. The summed E-state index contributed by atoms with van der Waals surface area (Å²) in [5.41, 5.74) is 1.97. The molecule has 0 aliphatic heterocycles. The molecule has 1 aromatic carbocycles. The number of halogens is 1. The second kappa shape index (κ2) is 4.45. The summed E-state index contributed by atoms with van der Waals surface area (Å²) in [5.74, 6) is 2.05. The number of fused-ring (bicyclic) bond motifs is 1. The Balaban J connectivity index is 1.71. The number of aromatic nitrogens is 4. The Morgan fingerprint density at radius 1 is 1.25 bits per heavy atom. The highest BCUT2D eigenvalue weighted by molar-refractivity contribution is 6.31. The van der Waals surface area contributed by atoms with Gasteiger partial charge < -0.3 is 5.32 Å². The smallest absolute Gasteiger partial charge is 0.200 e. The topological polar surface area (TPSA) is 66.5 Å². The lowest BCUT2D eigenvalue weighted by Gasteiger charge is -2.05. The van der Waals surface area contributed by atoms with Gasteiger partial charge in [-0.2, -0.15) is 5.10 Å². The molecule has 0 amide bonds. The molecule has 1 aliphatic rings. The molecule has 1 saturated carbocycles. The van der Waals surface area contributed by atoms with Crippen molar-refractivity contribution in [2.24, 2.45) is 0 Å². The van der Waals surface area contributed by atoms with E-state index < -0.39 is 0 Å². The second-order valence-corrected chi connectivity index (χ2v) is 5.38. The zero-order valence-corrected chi connectivity index (χ0v) is 11.3. The standard InChI is InChI=1S/C14H11ClN5/c15-9-3-4-11-10(5-9)14(17-7-16-11)18-13-6-12(19-20-13)8-1-2-8/h3-6,8H,1-2H2,(H2,16,17,18,19,20). The van der Waals surface area contributed by atoms with Crippen molar-refractivity contribution in [3.8, 4) is 0 Å². The minimum Gasteiger partial charge on any atom is -0.323 e. The SMILES string of the molecule is Clc1ccc2n[c]nc(Nc3cc(C4CC4)[nH]n3)c2c1. The van der Waals surface area contributed by atoms with Crippen molar-refractivity contribution < 1.29 is 0 Å². The van der Waals surface area contributed by atoms with Gasteiger partial charge in [0, 0.05) is 28.1 Å². The molecule has 1 aliphatic carbocycles. The van der Waals surface area contributed by atoms with Gasteiger partial charge in [0.25, 0.3) is 0 Å². The monoisotopic (exact) mass is 284 g/mol. The predicted octanol–water partition coefficient (Wildman–Crippen LogP) is 3.43. The van der Waals surface area contributed by atoms with Crippen molar-refractivity contribution in [3.63, 3.8) is 0 Å². The molecule has 5 nitrogen and oxygen atoms in total.